The molecule has 9 heteroatoms. The maximum atomic E-state index is 13.0. The number of phenols is 1. The van der Waals surface area contributed by atoms with Gasteiger partial charge in [0.15, 0.2) is 5.82 Å². The Hall–Kier alpha value is -2.39. The van der Waals surface area contributed by atoms with Crippen LogP contribution in [0.2, 0.25) is 0 Å². The van der Waals surface area contributed by atoms with Crippen LogP contribution >= 0.6 is 0 Å². The van der Waals surface area contributed by atoms with Crippen LogP contribution in [0.1, 0.15) is 42.4 Å². The van der Waals surface area contributed by atoms with Crippen molar-refractivity contribution in [3.8, 4) is 17.0 Å². The lowest BCUT2D eigenvalue weighted by Gasteiger charge is -2.32. The minimum Gasteiger partial charge on any atom is -0.507 e. The van der Waals surface area contributed by atoms with Crippen LogP contribution in [-0.2, 0) is 19.1 Å². The summed E-state index contributed by atoms with van der Waals surface area (Å²) in [5, 5.41) is 32.5. The summed E-state index contributed by atoms with van der Waals surface area (Å²) in [5.41, 5.74) is 1.48. The minimum atomic E-state index is -4.53. The summed E-state index contributed by atoms with van der Waals surface area (Å²) in [5.74, 6) is 0.136. The van der Waals surface area contributed by atoms with Gasteiger partial charge in [0.1, 0.15) is 11.4 Å². The molecule has 0 unspecified atom stereocenters. The molecule has 0 bridgehead atoms. The maximum absolute atomic E-state index is 13.0. The normalized spacial score (nSPS) is 22.6. The molecule has 2 atom stereocenters. The van der Waals surface area contributed by atoms with E-state index in [1.807, 2.05) is 7.05 Å². The fraction of sp³-hybridized carbons (Fsp3) is 0.524. The summed E-state index contributed by atoms with van der Waals surface area (Å²) in [4.78, 5) is 2.09. The molecule has 0 amide bonds. The van der Waals surface area contributed by atoms with E-state index in [0.29, 0.717) is 24.5 Å². The zero-order valence-corrected chi connectivity index (χ0v) is 16.7. The Kier molecular flexibility index (Phi) is 5.59. The van der Waals surface area contributed by atoms with Gasteiger partial charge in [-0.25, -0.2) is 0 Å². The first-order chi connectivity index (χ1) is 14.2. The van der Waals surface area contributed by atoms with E-state index in [2.05, 4.69) is 20.4 Å². The Bertz CT molecular complexity index is 935. The highest BCUT2D eigenvalue weighted by molar-refractivity contribution is 5.73. The zero-order chi connectivity index (χ0) is 21.5. The predicted molar refractivity (Wildman–Crippen MR) is 106 cm³/mol. The van der Waals surface area contributed by atoms with Crippen LogP contribution in [0.3, 0.4) is 0 Å². The Balaban J connectivity index is 1.73. The van der Waals surface area contributed by atoms with Crippen LogP contribution in [0, 0.1) is 0 Å². The van der Waals surface area contributed by atoms with Gasteiger partial charge in [0.2, 0.25) is 0 Å². The van der Waals surface area contributed by atoms with Crippen LogP contribution in [0.25, 0.3) is 11.3 Å². The van der Waals surface area contributed by atoms with Gasteiger partial charge in [-0.1, -0.05) is 12.8 Å². The quantitative estimate of drug-likeness (QED) is 0.702. The van der Waals surface area contributed by atoms with E-state index in [4.69, 9.17) is 0 Å². The SMILES string of the molecule is CN1CCc2c(N[C@@H]3CCCC[C@H]3O)nnc(-c3ccc(C(F)(F)F)cc3O)c2C1. The van der Waals surface area contributed by atoms with Gasteiger partial charge in [-0.15, -0.1) is 10.2 Å². The number of anilines is 1. The number of aliphatic hydroxyl groups excluding tert-OH is 1. The fourth-order valence-corrected chi connectivity index (χ4v) is 4.29. The number of rotatable bonds is 3. The molecule has 6 nitrogen and oxygen atoms in total. The fourth-order valence-electron chi connectivity index (χ4n) is 4.29. The van der Waals surface area contributed by atoms with Gasteiger partial charge in [-0.2, -0.15) is 13.2 Å². The molecule has 1 aliphatic heterocycles. The van der Waals surface area contributed by atoms with Crippen molar-refractivity contribution in [2.24, 2.45) is 0 Å². The highest BCUT2D eigenvalue weighted by Crippen LogP contribution is 2.39. The van der Waals surface area contributed by atoms with Crippen LogP contribution < -0.4 is 5.32 Å². The van der Waals surface area contributed by atoms with Crippen molar-refractivity contribution in [3.05, 3.63) is 34.9 Å². The van der Waals surface area contributed by atoms with E-state index in [-0.39, 0.29) is 11.6 Å². The molecular formula is C21H25F3N4O2. The molecule has 3 N–H and O–H groups in total. The summed E-state index contributed by atoms with van der Waals surface area (Å²) < 4.78 is 38.9. The number of hydrogen-bond acceptors (Lipinski definition) is 6. The Morgan fingerprint density at radius 3 is 2.60 bits per heavy atom. The van der Waals surface area contributed by atoms with Crippen molar-refractivity contribution in [1.29, 1.82) is 0 Å². The zero-order valence-electron chi connectivity index (χ0n) is 16.7. The molecule has 2 heterocycles. The Morgan fingerprint density at radius 2 is 1.90 bits per heavy atom. The third kappa shape index (κ3) is 4.09. The molecular weight excluding hydrogens is 397 g/mol. The summed E-state index contributed by atoms with van der Waals surface area (Å²) in [6, 6.07) is 2.82. The third-order valence-electron chi connectivity index (χ3n) is 5.99. The van der Waals surface area contributed by atoms with Crippen molar-refractivity contribution >= 4 is 5.82 Å². The van der Waals surface area contributed by atoms with Crippen LogP contribution in [0.4, 0.5) is 19.0 Å². The van der Waals surface area contributed by atoms with Crippen molar-refractivity contribution in [2.75, 3.05) is 18.9 Å². The number of aliphatic hydroxyl groups is 1. The lowest BCUT2D eigenvalue weighted by molar-refractivity contribution is -0.137. The molecule has 0 saturated heterocycles. The van der Waals surface area contributed by atoms with Crippen molar-refractivity contribution in [1.82, 2.24) is 15.1 Å². The van der Waals surface area contributed by atoms with Gasteiger partial charge >= 0.3 is 6.18 Å². The van der Waals surface area contributed by atoms with E-state index in [9.17, 15) is 23.4 Å². The molecule has 1 aromatic carbocycles. The monoisotopic (exact) mass is 422 g/mol. The molecule has 1 aliphatic carbocycles. The van der Waals surface area contributed by atoms with Crippen molar-refractivity contribution in [2.45, 2.75) is 57.0 Å². The number of hydrogen-bond donors (Lipinski definition) is 3. The molecule has 0 radical (unpaired) electrons. The molecule has 30 heavy (non-hydrogen) atoms. The Morgan fingerprint density at radius 1 is 1.13 bits per heavy atom. The second kappa shape index (κ2) is 8.03. The first kappa shape index (κ1) is 20.9. The van der Waals surface area contributed by atoms with Gasteiger partial charge in [-0.05, 0) is 44.5 Å². The lowest BCUT2D eigenvalue weighted by Crippen LogP contribution is -2.38. The van der Waals surface area contributed by atoms with Crippen LogP contribution in [0.15, 0.2) is 18.2 Å². The number of likely N-dealkylation sites (N-methyl/N-ethyl adjacent to an activating group) is 1. The van der Waals surface area contributed by atoms with Crippen LogP contribution in [-0.4, -0.2) is 51.0 Å². The highest BCUT2D eigenvalue weighted by Gasteiger charge is 2.32. The van der Waals surface area contributed by atoms with E-state index in [1.165, 1.54) is 6.07 Å². The van der Waals surface area contributed by atoms with Gasteiger partial charge in [-0.3, -0.25) is 0 Å². The Labute approximate surface area is 172 Å². The lowest BCUT2D eigenvalue weighted by atomic mass is 9.91. The number of benzene rings is 1. The smallest absolute Gasteiger partial charge is 0.416 e. The van der Waals surface area contributed by atoms with Crippen molar-refractivity contribution in [3.63, 3.8) is 0 Å². The van der Waals surface area contributed by atoms with Gasteiger partial charge in [0, 0.05) is 29.8 Å². The standard InChI is InChI=1S/C21H25F3N4O2/c1-28-9-8-13-15(11-28)19(14-7-6-12(10-18(14)30)21(22,23)24)26-27-20(13)25-16-4-2-3-5-17(16)29/h6-7,10,16-17,29-30H,2-5,8-9,11H2,1H3,(H,25,27)/t16-,17-/m1/s1. The van der Waals surface area contributed by atoms with E-state index >= 15 is 0 Å². The first-order valence-electron chi connectivity index (χ1n) is 10.2. The van der Waals surface area contributed by atoms with Gasteiger partial charge in [0.05, 0.1) is 17.7 Å². The molecule has 4 rings (SSSR count). The summed E-state index contributed by atoms with van der Waals surface area (Å²) in [6.45, 7) is 1.35. The summed E-state index contributed by atoms with van der Waals surface area (Å²) >= 11 is 0. The maximum Gasteiger partial charge on any atom is 0.416 e. The molecule has 0 spiro atoms. The third-order valence-corrected chi connectivity index (χ3v) is 5.99. The van der Waals surface area contributed by atoms with Gasteiger partial charge < -0.3 is 20.4 Å². The number of aromatic nitrogens is 2. The van der Waals surface area contributed by atoms with E-state index in [1.54, 1.807) is 0 Å². The summed E-state index contributed by atoms with van der Waals surface area (Å²) in [6.07, 6.45) is -0.658. The molecule has 162 valence electrons. The average molecular weight is 422 g/mol. The van der Waals surface area contributed by atoms with E-state index in [0.717, 1.165) is 55.5 Å². The molecule has 2 aromatic rings. The second-order valence-electron chi connectivity index (χ2n) is 8.17. The molecule has 1 saturated carbocycles. The minimum absolute atomic E-state index is 0.0953. The number of nitrogens with one attached hydrogen (secondary N) is 1. The topological polar surface area (TPSA) is 81.5 Å². The first-order valence-corrected chi connectivity index (χ1v) is 10.2. The number of aromatic hydroxyl groups is 1. The number of nitrogens with zero attached hydrogens (tertiary/aromatic N) is 3. The van der Waals surface area contributed by atoms with Crippen molar-refractivity contribution < 1.29 is 23.4 Å². The predicted octanol–water partition coefficient (Wildman–Crippen LogP) is 3.57. The molecule has 1 aromatic heterocycles. The van der Waals surface area contributed by atoms with Gasteiger partial charge in [0.25, 0.3) is 0 Å². The number of alkyl halides is 3. The number of phenolic OH excluding ortho intramolecular Hbond substituents is 1. The van der Waals surface area contributed by atoms with Crippen LogP contribution in [0.5, 0.6) is 5.75 Å². The average Bonchev–Trinajstić information content (AvgIpc) is 2.69. The second-order valence-corrected chi connectivity index (χ2v) is 8.17. The molecule has 1 fully saturated rings. The van der Waals surface area contributed by atoms with E-state index < -0.39 is 23.6 Å². The molecule has 2 aliphatic rings. The number of fused-ring (bicyclic) bond motifs is 1. The largest absolute Gasteiger partial charge is 0.507 e. The number of halogens is 3. The summed E-state index contributed by atoms with van der Waals surface area (Å²) in [7, 11) is 1.96. The highest BCUT2D eigenvalue weighted by atomic mass is 19.4.